The maximum atomic E-state index is 13.2. The molecule has 0 radical (unpaired) electrons. The number of hydrogen-bond donors (Lipinski definition) is 0. The number of ether oxygens (including phenoxy) is 2. The first-order valence-corrected chi connectivity index (χ1v) is 11.0. The van der Waals surface area contributed by atoms with E-state index in [2.05, 4.69) is 4.74 Å². The van der Waals surface area contributed by atoms with Gasteiger partial charge in [0.1, 0.15) is 11.5 Å². The topological polar surface area (TPSA) is 21.7 Å². The second-order valence-corrected chi connectivity index (χ2v) is 8.27. The summed E-state index contributed by atoms with van der Waals surface area (Å²) in [6.45, 7) is -0.326. The molecule has 1 heterocycles. The smallest absolute Gasteiger partial charge is 0.497 e. The summed E-state index contributed by atoms with van der Waals surface area (Å²) >= 11 is 0. The number of methoxy groups -OCH3 is 1. The van der Waals surface area contributed by atoms with Gasteiger partial charge in [-0.1, -0.05) is 36.4 Å². The molecule has 0 unspecified atom stereocenters. The van der Waals surface area contributed by atoms with E-state index in [4.69, 9.17) is 4.74 Å². The van der Waals surface area contributed by atoms with Crippen LogP contribution in [0, 0.1) is 0 Å². The van der Waals surface area contributed by atoms with Gasteiger partial charge < -0.3 is 14.4 Å². The van der Waals surface area contributed by atoms with E-state index in [1.165, 1.54) is 18.2 Å². The highest BCUT2D eigenvalue weighted by Crippen LogP contribution is 2.44. The van der Waals surface area contributed by atoms with Crippen molar-refractivity contribution in [2.45, 2.75) is 37.8 Å². The van der Waals surface area contributed by atoms with Crippen LogP contribution in [0.4, 0.5) is 32.0 Å². The zero-order valence-electron chi connectivity index (χ0n) is 18.8. The molecule has 0 saturated carbocycles. The molecule has 3 nitrogen and oxygen atoms in total. The third-order valence-corrected chi connectivity index (χ3v) is 6.00. The van der Waals surface area contributed by atoms with Crippen LogP contribution >= 0.6 is 0 Å². The van der Waals surface area contributed by atoms with E-state index < -0.39 is 30.8 Å². The first-order valence-electron chi connectivity index (χ1n) is 11.0. The lowest BCUT2D eigenvalue weighted by Crippen LogP contribution is -2.36. The molecule has 0 aliphatic carbocycles. The van der Waals surface area contributed by atoms with Crippen LogP contribution in [0.5, 0.6) is 11.5 Å². The Morgan fingerprint density at radius 2 is 1.60 bits per heavy atom. The zero-order chi connectivity index (χ0) is 25.2. The molecule has 0 spiro atoms. The van der Waals surface area contributed by atoms with Gasteiger partial charge in [0.05, 0.1) is 19.6 Å². The van der Waals surface area contributed by atoms with Gasteiger partial charge in [0.15, 0.2) is 0 Å². The van der Waals surface area contributed by atoms with Crippen molar-refractivity contribution >= 4 is 5.69 Å². The third kappa shape index (κ3) is 6.01. The monoisotopic (exact) mass is 495 g/mol. The molecule has 0 aromatic heterocycles. The van der Waals surface area contributed by atoms with Gasteiger partial charge in [0.2, 0.25) is 0 Å². The molecule has 35 heavy (non-hydrogen) atoms. The minimum absolute atomic E-state index is 0.326. The molecule has 0 amide bonds. The first-order chi connectivity index (χ1) is 16.5. The predicted octanol–water partition coefficient (Wildman–Crippen LogP) is 7.71. The molecule has 3 aromatic carbocycles. The van der Waals surface area contributed by atoms with Crippen molar-refractivity contribution in [3.05, 3.63) is 77.9 Å². The van der Waals surface area contributed by atoms with Gasteiger partial charge in [-0.05, 0) is 65.4 Å². The van der Waals surface area contributed by atoms with Crippen LogP contribution in [-0.4, -0.2) is 26.2 Å². The lowest BCUT2D eigenvalue weighted by Gasteiger charge is -2.40. The molecule has 9 heteroatoms. The van der Waals surface area contributed by atoms with E-state index >= 15 is 0 Å². The van der Waals surface area contributed by atoms with Gasteiger partial charge in [0, 0.05) is 12.2 Å². The number of nitrogens with zero attached hydrogens (tertiary/aromatic N) is 1. The van der Waals surface area contributed by atoms with Crippen molar-refractivity contribution in [1.82, 2.24) is 0 Å². The van der Waals surface area contributed by atoms with Crippen LogP contribution in [0.25, 0.3) is 11.1 Å². The molecule has 0 N–H and O–H groups in total. The Balaban J connectivity index is 1.75. The predicted molar refractivity (Wildman–Crippen MR) is 121 cm³/mol. The van der Waals surface area contributed by atoms with Gasteiger partial charge in [0.25, 0.3) is 0 Å². The number of hydrogen-bond acceptors (Lipinski definition) is 3. The Morgan fingerprint density at radius 3 is 2.31 bits per heavy atom. The van der Waals surface area contributed by atoms with Crippen molar-refractivity contribution < 1.29 is 35.8 Å². The van der Waals surface area contributed by atoms with Gasteiger partial charge in [-0.15, -0.1) is 13.2 Å². The molecular formula is C26H23F6NO2. The molecule has 3 aromatic rings. The maximum Gasteiger partial charge on any atom is 0.573 e. The molecule has 1 atom stereocenters. The summed E-state index contributed by atoms with van der Waals surface area (Å²) in [4.78, 5) is 1.64. The van der Waals surface area contributed by atoms with Crippen molar-refractivity contribution in [1.29, 1.82) is 0 Å². The second-order valence-electron chi connectivity index (χ2n) is 8.27. The highest BCUT2D eigenvalue weighted by Gasteiger charge is 2.35. The molecule has 1 aliphatic heterocycles. The van der Waals surface area contributed by atoms with Crippen LogP contribution in [-0.2, 0) is 6.42 Å². The van der Waals surface area contributed by atoms with E-state index in [9.17, 15) is 26.3 Å². The van der Waals surface area contributed by atoms with Crippen LogP contribution in [0.3, 0.4) is 0 Å². The number of halogens is 6. The molecular weight excluding hydrogens is 472 g/mol. The normalized spacial score (nSPS) is 16.1. The van der Waals surface area contributed by atoms with Crippen molar-refractivity contribution in [3.63, 3.8) is 0 Å². The lowest BCUT2D eigenvalue weighted by molar-refractivity contribution is -0.274. The molecule has 0 fully saturated rings. The molecule has 4 rings (SSSR count). The number of alkyl halides is 6. The summed E-state index contributed by atoms with van der Waals surface area (Å²) in [5.41, 5.74) is 3.74. The summed E-state index contributed by atoms with van der Waals surface area (Å²) in [5, 5.41) is 0. The van der Waals surface area contributed by atoms with Crippen LogP contribution in [0.1, 0.15) is 30.0 Å². The molecule has 1 aliphatic rings. The summed E-state index contributed by atoms with van der Waals surface area (Å²) in [6.07, 6.45) is -9.32. The van der Waals surface area contributed by atoms with Gasteiger partial charge in [-0.2, -0.15) is 13.2 Å². The van der Waals surface area contributed by atoms with Crippen LogP contribution in [0.2, 0.25) is 0 Å². The lowest BCUT2D eigenvalue weighted by atomic mass is 9.86. The number of benzene rings is 3. The van der Waals surface area contributed by atoms with E-state index in [0.29, 0.717) is 29.8 Å². The molecule has 186 valence electrons. The minimum atomic E-state index is -4.86. The summed E-state index contributed by atoms with van der Waals surface area (Å²) in [6, 6.07) is 17.8. The standard InChI is InChI=1S/C26H23F6NO2/c1-34-19-7-2-5-17(15-19)21-9-4-10-24-22(21)11-12-23(33(24)14-13-25(27,28)29)18-6-3-8-20(16-18)35-26(30,31)32/h2-10,15-16,23H,11-14H2,1H3/t23-/m1/s1. The maximum absolute atomic E-state index is 13.2. The van der Waals surface area contributed by atoms with E-state index in [1.54, 1.807) is 36.3 Å². The van der Waals surface area contributed by atoms with Gasteiger partial charge >= 0.3 is 12.5 Å². The van der Waals surface area contributed by atoms with E-state index in [0.717, 1.165) is 16.7 Å². The van der Waals surface area contributed by atoms with Crippen LogP contribution in [0.15, 0.2) is 66.7 Å². The quantitative estimate of drug-likeness (QED) is 0.327. The Hall–Kier alpha value is -3.36. The molecule has 0 saturated heterocycles. The van der Waals surface area contributed by atoms with Gasteiger partial charge in [-0.3, -0.25) is 0 Å². The SMILES string of the molecule is COc1cccc(-c2cccc3c2CC[C@H](c2cccc(OC(F)(F)F)c2)N3CCC(F)(F)F)c1. The summed E-state index contributed by atoms with van der Waals surface area (Å²) in [5.74, 6) is 0.255. The Kier molecular flexibility index (Phi) is 6.87. The Bertz CT molecular complexity index is 1170. The van der Waals surface area contributed by atoms with Crippen molar-refractivity contribution in [2.75, 3.05) is 18.6 Å². The highest BCUT2D eigenvalue weighted by atomic mass is 19.4. The highest BCUT2D eigenvalue weighted by molar-refractivity contribution is 5.76. The first kappa shape index (κ1) is 24.8. The fraction of sp³-hybridized carbons (Fsp3) is 0.308. The van der Waals surface area contributed by atoms with Crippen LogP contribution < -0.4 is 14.4 Å². The number of fused-ring (bicyclic) bond motifs is 1. The van der Waals surface area contributed by atoms with Gasteiger partial charge in [-0.25, -0.2) is 0 Å². The minimum Gasteiger partial charge on any atom is -0.497 e. The second kappa shape index (κ2) is 9.71. The summed E-state index contributed by atoms with van der Waals surface area (Å²) < 4.78 is 87.2. The average molecular weight is 495 g/mol. The zero-order valence-corrected chi connectivity index (χ0v) is 18.8. The van der Waals surface area contributed by atoms with Crippen molar-refractivity contribution in [2.24, 2.45) is 0 Å². The fourth-order valence-corrected chi connectivity index (χ4v) is 4.56. The Morgan fingerprint density at radius 1 is 0.886 bits per heavy atom. The number of anilines is 1. The van der Waals surface area contributed by atoms with E-state index in [-0.39, 0.29) is 6.54 Å². The average Bonchev–Trinajstić information content (AvgIpc) is 2.80. The van der Waals surface area contributed by atoms with Crippen molar-refractivity contribution in [3.8, 4) is 22.6 Å². The Labute approximate surface area is 198 Å². The van der Waals surface area contributed by atoms with E-state index in [1.807, 2.05) is 24.3 Å². The number of rotatable bonds is 6. The summed E-state index contributed by atoms with van der Waals surface area (Å²) in [7, 11) is 1.56. The third-order valence-electron chi connectivity index (χ3n) is 6.00. The largest absolute Gasteiger partial charge is 0.573 e. The fourth-order valence-electron chi connectivity index (χ4n) is 4.56. The molecule has 0 bridgehead atoms.